The molecule has 4 unspecified atom stereocenters. The summed E-state index contributed by atoms with van der Waals surface area (Å²) in [7, 11) is 2.05. The Bertz CT molecular complexity index is 2410. The summed E-state index contributed by atoms with van der Waals surface area (Å²) < 4.78 is 8.69. The van der Waals surface area contributed by atoms with Crippen LogP contribution in [-0.2, 0) is 43.3 Å². The highest BCUT2D eigenvalue weighted by molar-refractivity contribution is 5.95. The Kier molecular flexibility index (Phi) is 20.7. The summed E-state index contributed by atoms with van der Waals surface area (Å²) in [6, 6.07) is 18.4. The standard InChI is InChI=1S/C56H81N9O5/c1-10-47(57)52-44(20-16-27-60-52)54-46(35-55(7,8)24-17-31-66)45-34-43(22-23-49(45)65(54)12-3)42-19-15-18-41(32-42)33-48(50(68)21-13-14-28-61-58)62-40(6)53(39(4)5)63(9)30-26-56(25-29-59-37-67)36-64(38-70-56)51(69)11-2/h11,15-16,18-20,22-23,27,31-32,34,37,39,47-48,53,61-62H,2,6,10,12-14,17,21,24-26,28-30,33,35-36,38,57-58H2,1,3-5,7-9H3,(H,59,67). The maximum atomic E-state index is 14.3. The van der Waals surface area contributed by atoms with E-state index >= 15 is 0 Å². The highest BCUT2D eigenvalue weighted by Gasteiger charge is 2.41. The van der Waals surface area contributed by atoms with Gasteiger partial charge in [-0.05, 0) is 129 Å². The molecule has 0 aliphatic carbocycles. The lowest BCUT2D eigenvalue weighted by atomic mass is 9.80. The van der Waals surface area contributed by atoms with Crippen LogP contribution >= 0.6 is 0 Å². The van der Waals surface area contributed by atoms with E-state index in [-0.39, 0.29) is 41.8 Å². The van der Waals surface area contributed by atoms with E-state index in [2.05, 4.69) is 136 Å². The van der Waals surface area contributed by atoms with Crippen LogP contribution in [0.1, 0.15) is 116 Å². The van der Waals surface area contributed by atoms with Crippen molar-refractivity contribution in [3.8, 4) is 22.4 Å². The fourth-order valence-electron chi connectivity index (χ4n) is 10.3. The third kappa shape index (κ3) is 14.1. The number of likely N-dealkylation sites (N-methyl/N-ethyl adjacent to an activating group) is 1. The number of Topliss-reactive ketones (excluding diaryl/α,β-unsaturated/α-hetero) is 1. The molecule has 2 aromatic carbocycles. The summed E-state index contributed by atoms with van der Waals surface area (Å²) in [5, 5.41) is 7.55. The molecule has 5 rings (SSSR count). The van der Waals surface area contributed by atoms with Crippen molar-refractivity contribution in [3.63, 3.8) is 0 Å². The number of fused-ring (bicyclic) bond motifs is 1. The molecule has 1 saturated heterocycles. The van der Waals surface area contributed by atoms with Gasteiger partial charge in [0.05, 0.1) is 35.6 Å². The van der Waals surface area contributed by atoms with E-state index in [4.69, 9.17) is 21.3 Å². The number of hydrazine groups is 1. The largest absolute Gasteiger partial charge is 0.378 e. The number of ether oxygens (including phenoxy) is 1. The number of unbranched alkanes of at least 4 members (excludes halogenated alkanes) is 1. The molecular weight excluding hydrogens is 879 g/mol. The third-order valence-electron chi connectivity index (χ3n) is 14.1. The summed E-state index contributed by atoms with van der Waals surface area (Å²) >= 11 is 0. The zero-order valence-electron chi connectivity index (χ0n) is 43.0. The highest BCUT2D eigenvalue weighted by atomic mass is 16.5. The smallest absolute Gasteiger partial charge is 0.247 e. The summed E-state index contributed by atoms with van der Waals surface area (Å²) in [5.74, 6) is 5.63. The monoisotopic (exact) mass is 960 g/mol. The summed E-state index contributed by atoms with van der Waals surface area (Å²) in [6.07, 6.45) is 11.1. The van der Waals surface area contributed by atoms with Crippen LogP contribution in [0, 0.1) is 11.3 Å². The van der Waals surface area contributed by atoms with E-state index < -0.39 is 11.6 Å². The van der Waals surface area contributed by atoms with Crippen LogP contribution in [0.2, 0.25) is 0 Å². The Morgan fingerprint density at radius 2 is 1.81 bits per heavy atom. The van der Waals surface area contributed by atoms with Gasteiger partial charge < -0.3 is 35.4 Å². The number of carbonyl (C=O) groups excluding carboxylic acids is 4. The molecule has 1 fully saturated rings. The average molecular weight is 960 g/mol. The highest BCUT2D eigenvalue weighted by Crippen LogP contribution is 2.42. The molecule has 380 valence electrons. The van der Waals surface area contributed by atoms with Gasteiger partial charge in [0.25, 0.3) is 0 Å². The van der Waals surface area contributed by atoms with Gasteiger partial charge >= 0.3 is 0 Å². The van der Waals surface area contributed by atoms with Gasteiger partial charge in [0.15, 0.2) is 5.78 Å². The third-order valence-corrected chi connectivity index (χ3v) is 14.1. The van der Waals surface area contributed by atoms with Crippen molar-refractivity contribution in [1.82, 2.24) is 35.4 Å². The molecule has 4 aromatic rings. The van der Waals surface area contributed by atoms with Crippen LogP contribution < -0.4 is 27.6 Å². The number of amides is 2. The van der Waals surface area contributed by atoms with Gasteiger partial charge in [0, 0.05) is 73.4 Å². The number of benzene rings is 2. The van der Waals surface area contributed by atoms with Gasteiger partial charge in [0.1, 0.15) is 13.0 Å². The number of nitrogens with zero attached hydrogens (tertiary/aromatic N) is 4. The van der Waals surface area contributed by atoms with Crippen LogP contribution in [0.4, 0.5) is 0 Å². The molecule has 4 atom stereocenters. The second kappa shape index (κ2) is 26.1. The molecule has 70 heavy (non-hydrogen) atoms. The molecular formula is C56H81N9O5. The van der Waals surface area contributed by atoms with Crippen molar-refractivity contribution in [1.29, 1.82) is 0 Å². The van der Waals surface area contributed by atoms with Gasteiger partial charge in [-0.1, -0.05) is 78.1 Å². The van der Waals surface area contributed by atoms with Gasteiger partial charge in [-0.3, -0.25) is 35.5 Å². The van der Waals surface area contributed by atoms with E-state index in [0.717, 1.165) is 88.8 Å². The van der Waals surface area contributed by atoms with Gasteiger partial charge in [-0.25, -0.2) is 0 Å². The van der Waals surface area contributed by atoms with Crippen molar-refractivity contribution in [2.24, 2.45) is 22.9 Å². The van der Waals surface area contributed by atoms with E-state index in [1.165, 1.54) is 11.6 Å². The molecule has 1 aliphatic rings. The minimum Gasteiger partial charge on any atom is -0.378 e. The maximum Gasteiger partial charge on any atom is 0.247 e. The molecule has 0 spiro atoms. The quantitative estimate of drug-likeness (QED) is 0.0109. The van der Waals surface area contributed by atoms with E-state index in [1.54, 1.807) is 4.90 Å². The Morgan fingerprint density at radius 1 is 1.04 bits per heavy atom. The van der Waals surface area contributed by atoms with Crippen LogP contribution in [0.3, 0.4) is 0 Å². The number of aromatic nitrogens is 2. The molecule has 1 aliphatic heterocycles. The molecule has 7 N–H and O–H groups in total. The zero-order chi connectivity index (χ0) is 51.0. The number of rotatable bonds is 31. The molecule has 2 aromatic heterocycles. The Balaban J connectivity index is 1.48. The van der Waals surface area contributed by atoms with Crippen LogP contribution in [0.5, 0.6) is 0 Å². The van der Waals surface area contributed by atoms with Crippen LogP contribution in [0.25, 0.3) is 33.3 Å². The summed E-state index contributed by atoms with van der Waals surface area (Å²) in [4.78, 5) is 58.3. The van der Waals surface area contributed by atoms with Crippen molar-refractivity contribution < 1.29 is 23.9 Å². The number of carbonyl (C=O) groups is 4. The molecule has 0 radical (unpaired) electrons. The normalized spacial score (nSPS) is 16.4. The topological polar surface area (TPSA) is 190 Å². The molecule has 0 bridgehead atoms. The Labute approximate surface area is 417 Å². The van der Waals surface area contributed by atoms with Crippen molar-refractivity contribution in [2.45, 2.75) is 136 Å². The second-order valence-corrected chi connectivity index (χ2v) is 20.2. The number of aldehydes is 1. The summed E-state index contributed by atoms with van der Waals surface area (Å²) in [5.41, 5.74) is 17.9. The lowest BCUT2D eigenvalue weighted by molar-refractivity contribution is -0.126. The number of nitrogens with one attached hydrogen (secondary N) is 3. The average Bonchev–Trinajstić information content (AvgIpc) is 3.91. The fraction of sp³-hybridized carbons (Fsp3) is 0.518. The predicted octanol–water partition coefficient (Wildman–Crippen LogP) is 7.79. The molecule has 0 saturated carbocycles. The van der Waals surface area contributed by atoms with Gasteiger partial charge in [-0.15, -0.1) is 0 Å². The fourth-order valence-corrected chi connectivity index (χ4v) is 10.3. The van der Waals surface area contributed by atoms with Crippen molar-refractivity contribution >= 4 is 35.3 Å². The van der Waals surface area contributed by atoms with E-state index in [1.807, 2.05) is 12.3 Å². The minimum atomic E-state index is -0.644. The van der Waals surface area contributed by atoms with Crippen LogP contribution in [0.15, 0.2) is 85.7 Å². The molecule has 14 heteroatoms. The lowest BCUT2D eigenvalue weighted by Gasteiger charge is -2.37. The SMILES string of the molecule is C=CC(=O)N1COC(CCNC=O)(CCN(C)C(C(=C)NC(Cc2cccc(-c3ccc4c(c3)c(CC(C)(C)CCC=O)c(-c3cccnc3C(N)CC)n4CC)c2)C(=O)CCCCNN)C(C)C)C1. The minimum absolute atomic E-state index is 0.107. The molecule has 14 nitrogen and oxygen atoms in total. The Hall–Kier alpha value is -5.51. The lowest BCUT2D eigenvalue weighted by Crippen LogP contribution is -2.48. The number of pyridine rings is 1. The van der Waals surface area contributed by atoms with E-state index in [9.17, 15) is 19.2 Å². The maximum absolute atomic E-state index is 14.3. The molecule has 3 heterocycles. The van der Waals surface area contributed by atoms with Crippen molar-refractivity contribution in [2.75, 3.05) is 40.0 Å². The number of nitrogens with two attached hydrogens (primary N) is 2. The zero-order valence-corrected chi connectivity index (χ0v) is 43.0. The first-order chi connectivity index (χ1) is 33.6. The summed E-state index contributed by atoms with van der Waals surface area (Å²) in [6.45, 7) is 24.2. The number of hydrogen-bond donors (Lipinski definition) is 5. The van der Waals surface area contributed by atoms with E-state index in [0.29, 0.717) is 71.1 Å². The number of aryl methyl sites for hydroxylation is 1. The number of ketones is 1. The number of hydrogen-bond acceptors (Lipinski definition) is 11. The first kappa shape index (κ1) is 55.4. The predicted molar refractivity (Wildman–Crippen MR) is 282 cm³/mol. The van der Waals surface area contributed by atoms with Gasteiger partial charge in [-0.2, -0.15) is 0 Å². The first-order valence-corrected chi connectivity index (χ1v) is 25.3. The van der Waals surface area contributed by atoms with Crippen LogP contribution in [-0.4, -0.2) is 101 Å². The Morgan fingerprint density at radius 3 is 2.50 bits per heavy atom. The van der Waals surface area contributed by atoms with Gasteiger partial charge in [0.2, 0.25) is 12.3 Å². The first-order valence-electron chi connectivity index (χ1n) is 25.3. The molecule has 2 amide bonds. The van der Waals surface area contributed by atoms with Crippen molar-refractivity contribution in [3.05, 3.63) is 103 Å². The second-order valence-electron chi connectivity index (χ2n) is 20.2.